The fraction of sp³-hybridized carbons (Fsp3) is 0.583. The second-order valence-corrected chi connectivity index (χ2v) is 4.45. The molecule has 1 rings (SSSR count). The number of rotatable bonds is 7. The van der Waals surface area contributed by atoms with Gasteiger partial charge in [-0.05, 0) is 40.5 Å². The standard InChI is InChI=1S/C12H19BrN2O/c1-3-11(8-14-4-2)16-9-10-5-6-12(13)15-7-10/h5-7,11,14H,3-4,8-9H2,1-2H3. The third-order valence-corrected chi connectivity index (χ3v) is 2.82. The Balaban J connectivity index is 2.34. The molecule has 0 aliphatic heterocycles. The van der Waals surface area contributed by atoms with Crippen LogP contribution in [0.4, 0.5) is 0 Å². The van der Waals surface area contributed by atoms with Gasteiger partial charge in [0.2, 0.25) is 0 Å². The summed E-state index contributed by atoms with van der Waals surface area (Å²) in [5.74, 6) is 0. The van der Waals surface area contributed by atoms with E-state index < -0.39 is 0 Å². The van der Waals surface area contributed by atoms with Gasteiger partial charge in [0.25, 0.3) is 0 Å². The van der Waals surface area contributed by atoms with Crippen LogP contribution in [0, 0.1) is 0 Å². The molecule has 1 atom stereocenters. The molecular formula is C12H19BrN2O. The van der Waals surface area contributed by atoms with Crippen molar-refractivity contribution in [2.75, 3.05) is 13.1 Å². The lowest BCUT2D eigenvalue weighted by Crippen LogP contribution is -2.28. The first-order chi connectivity index (χ1) is 7.76. The Labute approximate surface area is 106 Å². The number of halogens is 1. The van der Waals surface area contributed by atoms with E-state index in [0.29, 0.717) is 6.61 Å². The van der Waals surface area contributed by atoms with Gasteiger partial charge in [-0.3, -0.25) is 0 Å². The van der Waals surface area contributed by atoms with Gasteiger partial charge in [0.1, 0.15) is 4.60 Å². The molecule has 0 amide bonds. The fourth-order valence-electron chi connectivity index (χ4n) is 1.33. The van der Waals surface area contributed by atoms with Crippen molar-refractivity contribution in [3.63, 3.8) is 0 Å². The summed E-state index contributed by atoms with van der Waals surface area (Å²) >= 11 is 3.31. The molecule has 1 N–H and O–H groups in total. The van der Waals surface area contributed by atoms with Gasteiger partial charge < -0.3 is 10.1 Å². The molecule has 4 heteroatoms. The molecule has 0 fully saturated rings. The topological polar surface area (TPSA) is 34.1 Å². The first kappa shape index (κ1) is 13.6. The minimum Gasteiger partial charge on any atom is -0.372 e. The zero-order valence-corrected chi connectivity index (χ0v) is 11.5. The number of nitrogens with one attached hydrogen (secondary N) is 1. The number of ether oxygens (including phenoxy) is 1. The summed E-state index contributed by atoms with van der Waals surface area (Å²) in [6.45, 7) is 6.77. The van der Waals surface area contributed by atoms with E-state index in [2.05, 4.69) is 40.1 Å². The van der Waals surface area contributed by atoms with Crippen molar-refractivity contribution in [1.29, 1.82) is 0 Å². The predicted octanol–water partition coefficient (Wildman–Crippen LogP) is 2.75. The quantitative estimate of drug-likeness (QED) is 0.783. The lowest BCUT2D eigenvalue weighted by Gasteiger charge is -2.16. The van der Waals surface area contributed by atoms with Crippen molar-refractivity contribution < 1.29 is 4.74 Å². The summed E-state index contributed by atoms with van der Waals surface area (Å²) in [7, 11) is 0. The monoisotopic (exact) mass is 286 g/mol. The van der Waals surface area contributed by atoms with E-state index in [1.165, 1.54) is 0 Å². The summed E-state index contributed by atoms with van der Waals surface area (Å²) < 4.78 is 6.66. The molecule has 0 saturated carbocycles. The summed E-state index contributed by atoms with van der Waals surface area (Å²) in [5.41, 5.74) is 1.11. The number of nitrogens with zero attached hydrogens (tertiary/aromatic N) is 1. The molecule has 0 bridgehead atoms. The summed E-state index contributed by atoms with van der Waals surface area (Å²) in [6.07, 6.45) is 3.14. The maximum absolute atomic E-state index is 5.80. The van der Waals surface area contributed by atoms with Crippen LogP contribution in [0.15, 0.2) is 22.9 Å². The zero-order chi connectivity index (χ0) is 11.8. The minimum absolute atomic E-state index is 0.281. The van der Waals surface area contributed by atoms with Gasteiger partial charge in [-0.1, -0.05) is 19.9 Å². The van der Waals surface area contributed by atoms with Crippen LogP contribution in [0.1, 0.15) is 25.8 Å². The lowest BCUT2D eigenvalue weighted by molar-refractivity contribution is 0.0386. The van der Waals surface area contributed by atoms with Gasteiger partial charge in [-0.25, -0.2) is 4.98 Å². The maximum atomic E-state index is 5.80. The summed E-state index contributed by atoms with van der Waals surface area (Å²) in [6, 6.07) is 3.96. The van der Waals surface area contributed by atoms with E-state index in [1.807, 2.05) is 18.3 Å². The van der Waals surface area contributed by atoms with E-state index in [4.69, 9.17) is 4.74 Å². The Morgan fingerprint density at radius 2 is 2.25 bits per heavy atom. The van der Waals surface area contributed by atoms with E-state index in [1.54, 1.807) is 0 Å². The van der Waals surface area contributed by atoms with E-state index in [9.17, 15) is 0 Å². The minimum atomic E-state index is 0.281. The molecule has 0 spiro atoms. The van der Waals surface area contributed by atoms with Crippen molar-refractivity contribution in [1.82, 2.24) is 10.3 Å². The largest absolute Gasteiger partial charge is 0.372 e. The van der Waals surface area contributed by atoms with Crippen LogP contribution < -0.4 is 5.32 Å². The van der Waals surface area contributed by atoms with E-state index in [0.717, 1.165) is 29.7 Å². The molecule has 0 aromatic carbocycles. The van der Waals surface area contributed by atoms with Crippen molar-refractivity contribution in [2.24, 2.45) is 0 Å². The first-order valence-corrected chi connectivity index (χ1v) is 6.48. The van der Waals surface area contributed by atoms with Crippen LogP contribution >= 0.6 is 15.9 Å². The van der Waals surface area contributed by atoms with Crippen molar-refractivity contribution in [3.05, 3.63) is 28.5 Å². The molecule has 0 aliphatic carbocycles. The zero-order valence-electron chi connectivity index (χ0n) is 9.87. The van der Waals surface area contributed by atoms with Gasteiger partial charge in [0.05, 0.1) is 12.7 Å². The van der Waals surface area contributed by atoms with Crippen LogP contribution in [-0.4, -0.2) is 24.2 Å². The molecule has 1 unspecified atom stereocenters. The van der Waals surface area contributed by atoms with Gasteiger partial charge in [-0.2, -0.15) is 0 Å². The molecule has 1 heterocycles. The van der Waals surface area contributed by atoms with Crippen molar-refractivity contribution in [2.45, 2.75) is 33.0 Å². The highest BCUT2D eigenvalue weighted by atomic mass is 79.9. The molecule has 1 aromatic heterocycles. The molecule has 3 nitrogen and oxygen atoms in total. The smallest absolute Gasteiger partial charge is 0.106 e. The maximum Gasteiger partial charge on any atom is 0.106 e. The Morgan fingerprint density at radius 1 is 1.44 bits per heavy atom. The number of hydrogen-bond donors (Lipinski definition) is 1. The van der Waals surface area contributed by atoms with Crippen LogP contribution in [0.3, 0.4) is 0 Å². The normalized spacial score (nSPS) is 12.7. The highest BCUT2D eigenvalue weighted by molar-refractivity contribution is 9.10. The Morgan fingerprint density at radius 3 is 2.81 bits per heavy atom. The highest BCUT2D eigenvalue weighted by Crippen LogP contribution is 2.09. The average molecular weight is 287 g/mol. The third kappa shape index (κ3) is 5.05. The molecular weight excluding hydrogens is 268 g/mol. The van der Waals surface area contributed by atoms with Crippen LogP contribution in [0.5, 0.6) is 0 Å². The third-order valence-electron chi connectivity index (χ3n) is 2.35. The molecule has 90 valence electrons. The van der Waals surface area contributed by atoms with Crippen molar-refractivity contribution >= 4 is 15.9 Å². The fourth-order valence-corrected chi connectivity index (χ4v) is 1.57. The van der Waals surface area contributed by atoms with Gasteiger partial charge >= 0.3 is 0 Å². The molecule has 0 aliphatic rings. The second kappa shape index (κ2) is 7.76. The van der Waals surface area contributed by atoms with Gasteiger partial charge in [0.15, 0.2) is 0 Å². The first-order valence-electron chi connectivity index (χ1n) is 5.69. The number of pyridine rings is 1. The van der Waals surface area contributed by atoms with Crippen LogP contribution in [-0.2, 0) is 11.3 Å². The van der Waals surface area contributed by atoms with E-state index in [-0.39, 0.29) is 6.10 Å². The number of likely N-dealkylation sites (N-methyl/N-ethyl adjacent to an activating group) is 1. The number of aromatic nitrogens is 1. The Bertz CT molecular complexity index is 290. The van der Waals surface area contributed by atoms with E-state index >= 15 is 0 Å². The van der Waals surface area contributed by atoms with Crippen molar-refractivity contribution in [3.8, 4) is 0 Å². The molecule has 0 saturated heterocycles. The summed E-state index contributed by atoms with van der Waals surface area (Å²) in [5, 5.41) is 3.30. The van der Waals surface area contributed by atoms with Crippen LogP contribution in [0.2, 0.25) is 0 Å². The van der Waals surface area contributed by atoms with Crippen LogP contribution in [0.25, 0.3) is 0 Å². The SMILES string of the molecule is CCNCC(CC)OCc1ccc(Br)nc1. The van der Waals surface area contributed by atoms with Gasteiger partial charge in [0, 0.05) is 12.7 Å². The molecule has 16 heavy (non-hydrogen) atoms. The molecule has 0 radical (unpaired) electrons. The predicted molar refractivity (Wildman–Crippen MR) is 69.3 cm³/mol. The summed E-state index contributed by atoms with van der Waals surface area (Å²) in [4.78, 5) is 4.17. The molecule has 1 aromatic rings. The second-order valence-electron chi connectivity index (χ2n) is 3.64. The number of hydrogen-bond acceptors (Lipinski definition) is 3. The average Bonchev–Trinajstić information content (AvgIpc) is 2.32. The highest BCUT2D eigenvalue weighted by Gasteiger charge is 2.05. The Hall–Kier alpha value is -0.450. The van der Waals surface area contributed by atoms with Gasteiger partial charge in [-0.15, -0.1) is 0 Å². The Kier molecular flexibility index (Phi) is 6.61. The lowest BCUT2D eigenvalue weighted by atomic mass is 10.2.